The van der Waals surface area contributed by atoms with Crippen molar-refractivity contribution in [2.75, 3.05) is 25.0 Å². The van der Waals surface area contributed by atoms with Crippen LogP contribution in [0.2, 0.25) is 5.02 Å². The quantitative estimate of drug-likeness (QED) is 0.936. The molecule has 1 aliphatic heterocycles. The Kier molecular flexibility index (Phi) is 4.38. The molecular formula is C15H18ClN3O3. The van der Waals surface area contributed by atoms with Crippen LogP contribution in [0.1, 0.15) is 19.8 Å². The summed E-state index contributed by atoms with van der Waals surface area (Å²) >= 11 is 5.93. The number of carbonyl (C=O) groups is 1. The lowest BCUT2D eigenvalue weighted by Gasteiger charge is -2.31. The first-order valence-electron chi connectivity index (χ1n) is 7.40. The lowest BCUT2D eigenvalue weighted by atomic mass is 10.1. The SMILES string of the molecule is CCOC(=O)N1CCC(Nc2nc3ccc(Cl)cc3o2)CC1. The number of likely N-dealkylation sites (tertiary alicyclic amines) is 1. The van der Waals surface area contributed by atoms with E-state index in [9.17, 15) is 4.79 Å². The van der Waals surface area contributed by atoms with Crippen molar-refractivity contribution in [3.8, 4) is 0 Å². The van der Waals surface area contributed by atoms with Crippen molar-refractivity contribution in [1.82, 2.24) is 9.88 Å². The summed E-state index contributed by atoms with van der Waals surface area (Å²) in [6.45, 7) is 3.55. The standard InChI is InChI=1S/C15H18ClN3O3/c1-2-21-15(20)19-7-5-11(6-8-19)17-14-18-12-4-3-10(16)9-13(12)22-14/h3-4,9,11H,2,5-8H2,1H3,(H,17,18). The number of fused-ring (bicyclic) bond motifs is 1. The summed E-state index contributed by atoms with van der Waals surface area (Å²) in [5, 5.41) is 3.90. The van der Waals surface area contributed by atoms with Crippen molar-refractivity contribution >= 4 is 34.8 Å². The van der Waals surface area contributed by atoms with E-state index in [1.54, 1.807) is 17.0 Å². The summed E-state index contributed by atoms with van der Waals surface area (Å²) in [6.07, 6.45) is 1.42. The number of hydrogen-bond donors (Lipinski definition) is 1. The number of halogens is 1. The highest BCUT2D eigenvalue weighted by atomic mass is 35.5. The molecule has 1 N–H and O–H groups in total. The Bertz CT molecular complexity index is 665. The number of anilines is 1. The van der Waals surface area contributed by atoms with E-state index in [0.29, 0.717) is 36.3 Å². The first-order valence-corrected chi connectivity index (χ1v) is 7.78. The van der Waals surface area contributed by atoms with E-state index in [-0.39, 0.29) is 12.1 Å². The fraction of sp³-hybridized carbons (Fsp3) is 0.467. The fourth-order valence-corrected chi connectivity index (χ4v) is 2.72. The molecule has 0 bridgehead atoms. The molecule has 0 spiro atoms. The minimum atomic E-state index is -0.238. The van der Waals surface area contributed by atoms with Crippen LogP contribution >= 0.6 is 11.6 Å². The smallest absolute Gasteiger partial charge is 0.409 e. The average Bonchev–Trinajstić information content (AvgIpc) is 2.89. The summed E-state index contributed by atoms with van der Waals surface area (Å²) in [5.74, 6) is 0. The summed E-state index contributed by atoms with van der Waals surface area (Å²) in [6, 6.07) is 6.09. The van der Waals surface area contributed by atoms with E-state index in [4.69, 9.17) is 20.8 Å². The van der Waals surface area contributed by atoms with Gasteiger partial charge in [-0.3, -0.25) is 0 Å². The van der Waals surface area contributed by atoms with E-state index in [1.165, 1.54) is 0 Å². The largest absolute Gasteiger partial charge is 0.450 e. The number of amides is 1. The van der Waals surface area contributed by atoms with E-state index in [2.05, 4.69) is 10.3 Å². The van der Waals surface area contributed by atoms with Crippen molar-refractivity contribution in [3.05, 3.63) is 23.2 Å². The Morgan fingerprint density at radius 1 is 1.50 bits per heavy atom. The van der Waals surface area contributed by atoms with Crippen LogP contribution < -0.4 is 5.32 Å². The molecule has 1 saturated heterocycles. The molecule has 3 rings (SSSR count). The molecule has 7 heteroatoms. The van der Waals surface area contributed by atoms with Gasteiger partial charge in [-0.15, -0.1) is 0 Å². The molecule has 1 aromatic heterocycles. The number of rotatable bonds is 3. The van der Waals surface area contributed by atoms with Gasteiger partial charge in [-0.2, -0.15) is 4.98 Å². The van der Waals surface area contributed by atoms with Crippen LogP contribution in [0.15, 0.2) is 22.6 Å². The van der Waals surface area contributed by atoms with Gasteiger partial charge in [-0.1, -0.05) is 11.6 Å². The van der Waals surface area contributed by atoms with Crippen LogP contribution in [0.5, 0.6) is 0 Å². The topological polar surface area (TPSA) is 67.6 Å². The first kappa shape index (κ1) is 15.0. The predicted molar refractivity (Wildman–Crippen MR) is 84.3 cm³/mol. The number of piperidine rings is 1. The van der Waals surface area contributed by atoms with Gasteiger partial charge in [-0.25, -0.2) is 4.79 Å². The van der Waals surface area contributed by atoms with Crippen molar-refractivity contribution < 1.29 is 13.9 Å². The number of nitrogens with one attached hydrogen (secondary N) is 1. The number of carbonyl (C=O) groups excluding carboxylic acids is 1. The first-order chi connectivity index (χ1) is 10.7. The van der Waals surface area contributed by atoms with E-state index in [1.807, 2.05) is 13.0 Å². The number of nitrogens with zero attached hydrogens (tertiary/aromatic N) is 2. The van der Waals surface area contributed by atoms with Gasteiger partial charge in [0, 0.05) is 30.2 Å². The number of aromatic nitrogens is 1. The van der Waals surface area contributed by atoms with Crippen molar-refractivity contribution in [2.24, 2.45) is 0 Å². The zero-order valence-electron chi connectivity index (χ0n) is 12.3. The molecule has 1 amide bonds. The van der Waals surface area contributed by atoms with Crippen LogP contribution in [-0.4, -0.2) is 41.7 Å². The molecule has 0 aliphatic carbocycles. The Labute approximate surface area is 133 Å². The fourth-order valence-electron chi connectivity index (χ4n) is 2.56. The molecular weight excluding hydrogens is 306 g/mol. The minimum absolute atomic E-state index is 0.231. The van der Waals surface area contributed by atoms with E-state index < -0.39 is 0 Å². The van der Waals surface area contributed by atoms with Gasteiger partial charge in [0.1, 0.15) is 5.52 Å². The lowest BCUT2D eigenvalue weighted by molar-refractivity contribution is 0.0982. The molecule has 0 atom stereocenters. The summed E-state index contributed by atoms with van der Waals surface area (Å²) in [7, 11) is 0. The molecule has 2 heterocycles. The molecule has 6 nitrogen and oxygen atoms in total. The summed E-state index contributed by atoms with van der Waals surface area (Å²) in [5.41, 5.74) is 1.44. The second-order valence-corrected chi connectivity index (χ2v) is 5.67. The maximum absolute atomic E-state index is 11.7. The number of hydrogen-bond acceptors (Lipinski definition) is 5. The molecule has 1 aliphatic rings. The third-order valence-electron chi connectivity index (χ3n) is 3.70. The van der Waals surface area contributed by atoms with Gasteiger partial charge >= 0.3 is 6.09 Å². The Balaban J connectivity index is 1.58. The molecule has 1 fully saturated rings. The van der Waals surface area contributed by atoms with Crippen LogP contribution in [0, 0.1) is 0 Å². The Morgan fingerprint density at radius 2 is 2.27 bits per heavy atom. The average molecular weight is 324 g/mol. The molecule has 0 radical (unpaired) electrons. The predicted octanol–water partition coefficient (Wildman–Crippen LogP) is 3.51. The number of oxazole rings is 1. The lowest BCUT2D eigenvalue weighted by Crippen LogP contribution is -2.42. The van der Waals surface area contributed by atoms with E-state index >= 15 is 0 Å². The summed E-state index contributed by atoms with van der Waals surface area (Å²) < 4.78 is 10.7. The number of benzene rings is 1. The highest BCUT2D eigenvalue weighted by molar-refractivity contribution is 6.31. The van der Waals surface area contributed by atoms with Crippen molar-refractivity contribution in [2.45, 2.75) is 25.8 Å². The molecule has 0 unspecified atom stereocenters. The highest BCUT2D eigenvalue weighted by Gasteiger charge is 2.24. The molecule has 1 aromatic carbocycles. The van der Waals surface area contributed by atoms with Crippen molar-refractivity contribution in [1.29, 1.82) is 0 Å². The van der Waals surface area contributed by atoms with Crippen LogP contribution in [0.25, 0.3) is 11.1 Å². The summed E-state index contributed by atoms with van der Waals surface area (Å²) in [4.78, 5) is 17.8. The Hall–Kier alpha value is -1.95. The third kappa shape index (κ3) is 3.27. The monoisotopic (exact) mass is 323 g/mol. The normalized spacial score (nSPS) is 16.0. The Morgan fingerprint density at radius 3 is 3.00 bits per heavy atom. The van der Waals surface area contributed by atoms with E-state index in [0.717, 1.165) is 18.4 Å². The van der Waals surface area contributed by atoms with Gasteiger partial charge in [0.05, 0.1) is 6.61 Å². The minimum Gasteiger partial charge on any atom is -0.450 e. The second-order valence-electron chi connectivity index (χ2n) is 5.24. The second kappa shape index (κ2) is 6.44. The van der Waals surface area contributed by atoms with Crippen LogP contribution in [0.3, 0.4) is 0 Å². The number of ether oxygens (including phenoxy) is 1. The van der Waals surface area contributed by atoms with Gasteiger partial charge < -0.3 is 19.4 Å². The molecule has 0 saturated carbocycles. The molecule has 118 valence electrons. The van der Waals surface area contributed by atoms with Gasteiger partial charge in [0.2, 0.25) is 0 Å². The maximum atomic E-state index is 11.7. The van der Waals surface area contributed by atoms with Crippen molar-refractivity contribution in [3.63, 3.8) is 0 Å². The van der Waals surface area contributed by atoms with Gasteiger partial charge in [0.25, 0.3) is 6.01 Å². The van der Waals surface area contributed by atoms with Gasteiger partial charge in [-0.05, 0) is 31.9 Å². The highest BCUT2D eigenvalue weighted by Crippen LogP contribution is 2.24. The molecule has 22 heavy (non-hydrogen) atoms. The third-order valence-corrected chi connectivity index (χ3v) is 3.93. The molecule has 2 aromatic rings. The van der Waals surface area contributed by atoms with Crippen LogP contribution in [-0.2, 0) is 4.74 Å². The van der Waals surface area contributed by atoms with Crippen LogP contribution in [0.4, 0.5) is 10.8 Å². The van der Waals surface area contributed by atoms with Gasteiger partial charge in [0.15, 0.2) is 5.58 Å². The maximum Gasteiger partial charge on any atom is 0.409 e. The zero-order chi connectivity index (χ0) is 15.5. The zero-order valence-corrected chi connectivity index (χ0v) is 13.1.